The molecule has 0 radical (unpaired) electrons. The Bertz CT molecular complexity index is 344. The van der Waals surface area contributed by atoms with Crippen molar-refractivity contribution in [3.05, 3.63) is 0 Å². The summed E-state index contributed by atoms with van der Waals surface area (Å²) >= 11 is 0. The zero-order valence-corrected chi connectivity index (χ0v) is 14.0. The van der Waals surface area contributed by atoms with Crippen LogP contribution in [0, 0.1) is 0 Å². The Balaban J connectivity index is 2.12. The average molecular weight is 296 g/mol. The minimum atomic E-state index is -0.460. The summed E-state index contributed by atoms with van der Waals surface area (Å²) in [5.74, 6) is -0.0727. The van der Waals surface area contributed by atoms with E-state index in [0.29, 0.717) is 12.1 Å². The number of carbonyl (C=O) groups is 1. The standard InChI is InChI=1S/C17H32N2O2/c1-4-18-17(16(20)21-3)11-8-10-15(13-17)19-12-7-5-6-9-14(19)2/h14-15,18H,4-13H2,1-3H3. The Morgan fingerprint density at radius 3 is 2.81 bits per heavy atom. The molecule has 0 amide bonds. The molecule has 3 unspecified atom stereocenters. The Hall–Kier alpha value is -0.610. The van der Waals surface area contributed by atoms with Crippen LogP contribution in [0.15, 0.2) is 0 Å². The van der Waals surface area contributed by atoms with Gasteiger partial charge in [-0.1, -0.05) is 19.8 Å². The lowest BCUT2D eigenvalue weighted by Gasteiger charge is -2.45. The lowest BCUT2D eigenvalue weighted by atomic mass is 9.77. The van der Waals surface area contributed by atoms with E-state index < -0.39 is 5.54 Å². The molecule has 122 valence electrons. The quantitative estimate of drug-likeness (QED) is 0.810. The molecule has 1 aliphatic carbocycles. The van der Waals surface area contributed by atoms with Gasteiger partial charge in [-0.3, -0.25) is 9.69 Å². The van der Waals surface area contributed by atoms with Crippen LogP contribution in [-0.4, -0.2) is 48.7 Å². The highest BCUT2D eigenvalue weighted by molar-refractivity contribution is 5.81. The Kier molecular flexibility index (Phi) is 6.06. The molecular weight excluding hydrogens is 264 g/mol. The molecule has 1 heterocycles. The second-order valence-corrected chi connectivity index (χ2v) is 6.79. The molecule has 0 bridgehead atoms. The molecule has 21 heavy (non-hydrogen) atoms. The van der Waals surface area contributed by atoms with Crippen LogP contribution in [0.4, 0.5) is 0 Å². The van der Waals surface area contributed by atoms with Gasteiger partial charge < -0.3 is 10.1 Å². The Morgan fingerprint density at radius 2 is 2.10 bits per heavy atom. The topological polar surface area (TPSA) is 41.6 Å². The number of nitrogens with zero attached hydrogens (tertiary/aromatic N) is 1. The maximum Gasteiger partial charge on any atom is 0.326 e. The van der Waals surface area contributed by atoms with Crippen LogP contribution in [0.5, 0.6) is 0 Å². The zero-order valence-electron chi connectivity index (χ0n) is 14.0. The van der Waals surface area contributed by atoms with Crippen LogP contribution >= 0.6 is 0 Å². The van der Waals surface area contributed by atoms with Gasteiger partial charge in [0.1, 0.15) is 5.54 Å². The molecule has 0 aromatic rings. The second kappa shape index (κ2) is 7.59. The minimum absolute atomic E-state index is 0.0727. The number of likely N-dealkylation sites (N-methyl/N-ethyl adjacent to an activating group) is 1. The lowest BCUT2D eigenvalue weighted by molar-refractivity contribution is -0.151. The third-order valence-electron chi connectivity index (χ3n) is 5.39. The van der Waals surface area contributed by atoms with Gasteiger partial charge in [0.2, 0.25) is 0 Å². The number of rotatable bonds is 4. The molecule has 2 aliphatic rings. The molecule has 2 rings (SSSR count). The van der Waals surface area contributed by atoms with Crippen molar-refractivity contribution in [1.82, 2.24) is 10.2 Å². The number of hydrogen-bond donors (Lipinski definition) is 1. The van der Waals surface area contributed by atoms with E-state index in [-0.39, 0.29) is 5.97 Å². The first-order chi connectivity index (χ1) is 10.1. The zero-order chi connectivity index (χ0) is 15.3. The molecule has 3 atom stereocenters. The Morgan fingerprint density at radius 1 is 1.29 bits per heavy atom. The summed E-state index contributed by atoms with van der Waals surface area (Å²) in [7, 11) is 1.51. The highest BCUT2D eigenvalue weighted by Gasteiger charge is 2.45. The number of hydrogen-bond acceptors (Lipinski definition) is 4. The third-order valence-corrected chi connectivity index (χ3v) is 5.39. The number of nitrogens with one attached hydrogen (secondary N) is 1. The summed E-state index contributed by atoms with van der Waals surface area (Å²) in [6, 6.07) is 1.16. The molecule has 4 heteroatoms. The van der Waals surface area contributed by atoms with Crippen molar-refractivity contribution in [1.29, 1.82) is 0 Å². The summed E-state index contributed by atoms with van der Waals surface area (Å²) in [5.41, 5.74) is -0.460. The van der Waals surface area contributed by atoms with Crippen LogP contribution < -0.4 is 5.32 Å². The highest BCUT2D eigenvalue weighted by atomic mass is 16.5. The molecule has 0 spiro atoms. The molecular formula is C17H32N2O2. The summed E-state index contributed by atoms with van der Waals surface area (Å²) in [4.78, 5) is 15.0. The summed E-state index contributed by atoms with van der Waals surface area (Å²) in [6.07, 6.45) is 9.42. The van der Waals surface area contributed by atoms with E-state index in [1.807, 2.05) is 0 Å². The van der Waals surface area contributed by atoms with E-state index in [4.69, 9.17) is 4.74 Å². The molecule has 1 aliphatic heterocycles. The Labute approximate surface area is 129 Å². The third kappa shape index (κ3) is 3.78. The SMILES string of the molecule is CCNC1(C(=O)OC)CCCC(N2CCCCCC2C)C1. The minimum Gasteiger partial charge on any atom is -0.468 e. The molecule has 2 fully saturated rings. The van der Waals surface area contributed by atoms with Crippen molar-refractivity contribution < 1.29 is 9.53 Å². The fourth-order valence-electron chi connectivity index (χ4n) is 4.32. The monoisotopic (exact) mass is 296 g/mol. The number of ether oxygens (including phenoxy) is 1. The van der Waals surface area contributed by atoms with Crippen LogP contribution in [0.25, 0.3) is 0 Å². The highest BCUT2D eigenvalue weighted by Crippen LogP contribution is 2.34. The van der Waals surface area contributed by atoms with Gasteiger partial charge in [0.05, 0.1) is 7.11 Å². The largest absolute Gasteiger partial charge is 0.468 e. The number of likely N-dealkylation sites (tertiary alicyclic amines) is 1. The number of methoxy groups -OCH3 is 1. The molecule has 1 N–H and O–H groups in total. The van der Waals surface area contributed by atoms with Crippen molar-refractivity contribution in [3.8, 4) is 0 Å². The number of carbonyl (C=O) groups excluding carboxylic acids is 1. The predicted molar refractivity (Wildman–Crippen MR) is 85.3 cm³/mol. The molecule has 0 aromatic heterocycles. The van der Waals surface area contributed by atoms with E-state index in [9.17, 15) is 4.79 Å². The normalized spacial score (nSPS) is 35.2. The van der Waals surface area contributed by atoms with Crippen molar-refractivity contribution in [2.45, 2.75) is 82.8 Å². The van der Waals surface area contributed by atoms with Crippen LogP contribution in [0.1, 0.15) is 65.2 Å². The molecule has 1 saturated carbocycles. The van der Waals surface area contributed by atoms with Crippen molar-refractivity contribution in [2.75, 3.05) is 20.2 Å². The maximum absolute atomic E-state index is 12.4. The average Bonchev–Trinajstić information content (AvgIpc) is 2.71. The van der Waals surface area contributed by atoms with E-state index in [2.05, 4.69) is 24.1 Å². The molecule has 4 nitrogen and oxygen atoms in total. The first-order valence-corrected chi connectivity index (χ1v) is 8.72. The van der Waals surface area contributed by atoms with Gasteiger partial charge in [0.15, 0.2) is 0 Å². The van der Waals surface area contributed by atoms with Gasteiger partial charge in [-0.25, -0.2) is 0 Å². The van der Waals surface area contributed by atoms with Gasteiger partial charge in [0, 0.05) is 12.1 Å². The van der Waals surface area contributed by atoms with Gasteiger partial charge in [-0.05, 0) is 58.5 Å². The molecule has 0 aromatic carbocycles. The number of esters is 1. The van der Waals surface area contributed by atoms with E-state index in [1.165, 1.54) is 45.8 Å². The first kappa shape index (κ1) is 16.8. The fourth-order valence-corrected chi connectivity index (χ4v) is 4.32. The summed E-state index contributed by atoms with van der Waals surface area (Å²) in [6.45, 7) is 6.43. The van der Waals surface area contributed by atoms with Crippen molar-refractivity contribution >= 4 is 5.97 Å². The van der Waals surface area contributed by atoms with Gasteiger partial charge in [-0.2, -0.15) is 0 Å². The summed E-state index contributed by atoms with van der Waals surface area (Å²) < 4.78 is 5.11. The van der Waals surface area contributed by atoms with E-state index >= 15 is 0 Å². The van der Waals surface area contributed by atoms with Crippen LogP contribution in [0.3, 0.4) is 0 Å². The van der Waals surface area contributed by atoms with Crippen LogP contribution in [0.2, 0.25) is 0 Å². The first-order valence-electron chi connectivity index (χ1n) is 8.72. The van der Waals surface area contributed by atoms with E-state index in [1.54, 1.807) is 0 Å². The lowest BCUT2D eigenvalue weighted by Crippen LogP contribution is -2.59. The van der Waals surface area contributed by atoms with E-state index in [0.717, 1.165) is 25.8 Å². The second-order valence-electron chi connectivity index (χ2n) is 6.79. The van der Waals surface area contributed by atoms with Gasteiger partial charge >= 0.3 is 5.97 Å². The van der Waals surface area contributed by atoms with Gasteiger partial charge in [-0.15, -0.1) is 0 Å². The summed E-state index contributed by atoms with van der Waals surface area (Å²) in [5, 5.41) is 3.45. The maximum atomic E-state index is 12.4. The fraction of sp³-hybridized carbons (Fsp3) is 0.941. The smallest absolute Gasteiger partial charge is 0.326 e. The molecule has 1 saturated heterocycles. The predicted octanol–water partition coefficient (Wildman–Crippen LogP) is 2.71. The van der Waals surface area contributed by atoms with Crippen molar-refractivity contribution in [2.24, 2.45) is 0 Å². The van der Waals surface area contributed by atoms with Crippen LogP contribution in [-0.2, 0) is 9.53 Å². The van der Waals surface area contributed by atoms with Gasteiger partial charge in [0.25, 0.3) is 0 Å². The van der Waals surface area contributed by atoms with Crippen molar-refractivity contribution in [3.63, 3.8) is 0 Å².